The van der Waals surface area contributed by atoms with Gasteiger partial charge in [0.1, 0.15) is 6.54 Å². The third-order valence-corrected chi connectivity index (χ3v) is 7.66. The number of carbonyl (C=O) groups is 2. The molecule has 0 aromatic carbocycles. The standard InChI is InChI=1S/C13H21NO4Si/c1-13(2,3)19(4,5)18-11(15)9-14-12(16)10-7-6-8-17-10/h6-8H,9H2,1-5H3,(H,14,16). The van der Waals surface area contributed by atoms with E-state index in [1.165, 1.54) is 12.3 Å². The van der Waals surface area contributed by atoms with Crippen LogP contribution in [0.1, 0.15) is 31.3 Å². The molecule has 0 atom stereocenters. The van der Waals surface area contributed by atoms with Crippen molar-refractivity contribution in [2.45, 2.75) is 38.9 Å². The van der Waals surface area contributed by atoms with Crippen LogP contribution >= 0.6 is 0 Å². The van der Waals surface area contributed by atoms with Crippen LogP contribution in [0.5, 0.6) is 0 Å². The minimum absolute atomic E-state index is 0.0479. The summed E-state index contributed by atoms with van der Waals surface area (Å²) in [5, 5.41) is 2.43. The summed E-state index contributed by atoms with van der Waals surface area (Å²) in [5.41, 5.74) is 0. The van der Waals surface area contributed by atoms with E-state index in [-0.39, 0.29) is 17.3 Å². The lowest BCUT2D eigenvalue weighted by molar-refractivity contribution is -0.134. The van der Waals surface area contributed by atoms with Gasteiger partial charge < -0.3 is 14.2 Å². The highest BCUT2D eigenvalue weighted by molar-refractivity contribution is 6.75. The van der Waals surface area contributed by atoms with Gasteiger partial charge in [-0.2, -0.15) is 0 Å². The molecule has 0 saturated heterocycles. The molecule has 0 aliphatic heterocycles. The lowest BCUT2D eigenvalue weighted by Gasteiger charge is -2.35. The Morgan fingerprint density at radius 1 is 1.37 bits per heavy atom. The van der Waals surface area contributed by atoms with Crippen LogP contribution in [0.15, 0.2) is 22.8 Å². The van der Waals surface area contributed by atoms with Gasteiger partial charge in [0.05, 0.1) is 6.26 Å². The Kier molecular flexibility index (Phi) is 4.57. The van der Waals surface area contributed by atoms with Crippen molar-refractivity contribution in [3.63, 3.8) is 0 Å². The second-order valence-electron chi connectivity index (χ2n) is 5.89. The van der Waals surface area contributed by atoms with E-state index >= 15 is 0 Å². The van der Waals surface area contributed by atoms with E-state index in [0.29, 0.717) is 0 Å². The maximum absolute atomic E-state index is 11.7. The molecule has 0 saturated carbocycles. The maximum Gasteiger partial charge on any atom is 0.312 e. The summed E-state index contributed by atoms with van der Waals surface area (Å²) >= 11 is 0. The van der Waals surface area contributed by atoms with Crippen LogP contribution in [-0.4, -0.2) is 26.7 Å². The number of amides is 1. The number of rotatable bonds is 4. The van der Waals surface area contributed by atoms with Gasteiger partial charge in [-0.05, 0) is 30.3 Å². The summed E-state index contributed by atoms with van der Waals surface area (Å²) in [4.78, 5) is 23.3. The highest BCUT2D eigenvalue weighted by Crippen LogP contribution is 2.36. The topological polar surface area (TPSA) is 68.5 Å². The van der Waals surface area contributed by atoms with Gasteiger partial charge in [0, 0.05) is 0 Å². The number of hydrogen-bond acceptors (Lipinski definition) is 4. The fourth-order valence-electron chi connectivity index (χ4n) is 1.12. The smallest absolute Gasteiger partial charge is 0.312 e. The fraction of sp³-hybridized carbons (Fsp3) is 0.538. The first kappa shape index (κ1) is 15.5. The van der Waals surface area contributed by atoms with Gasteiger partial charge in [0.2, 0.25) is 0 Å². The molecule has 1 amide bonds. The van der Waals surface area contributed by atoms with Crippen molar-refractivity contribution >= 4 is 20.2 Å². The molecule has 6 heteroatoms. The molecule has 1 aromatic rings. The Bertz CT molecular complexity index is 446. The highest BCUT2D eigenvalue weighted by atomic mass is 28.4. The molecule has 0 spiro atoms. The first-order valence-electron chi connectivity index (χ1n) is 6.17. The van der Waals surface area contributed by atoms with Crippen molar-refractivity contribution in [1.29, 1.82) is 0 Å². The average molecular weight is 283 g/mol. The third kappa shape index (κ3) is 4.24. The Labute approximate surface area is 114 Å². The average Bonchev–Trinajstić information content (AvgIpc) is 2.77. The monoisotopic (exact) mass is 283 g/mol. The minimum atomic E-state index is -2.13. The summed E-state index contributed by atoms with van der Waals surface area (Å²) in [6, 6.07) is 3.15. The van der Waals surface area contributed by atoms with E-state index in [2.05, 4.69) is 5.32 Å². The van der Waals surface area contributed by atoms with Crippen LogP contribution < -0.4 is 5.32 Å². The largest absolute Gasteiger partial charge is 0.518 e. The number of furan rings is 1. The Morgan fingerprint density at radius 3 is 2.47 bits per heavy atom. The van der Waals surface area contributed by atoms with Crippen molar-refractivity contribution in [3.05, 3.63) is 24.2 Å². The molecule has 1 aromatic heterocycles. The Morgan fingerprint density at radius 2 is 2.00 bits per heavy atom. The molecule has 1 rings (SSSR count). The normalized spacial score (nSPS) is 12.1. The first-order valence-corrected chi connectivity index (χ1v) is 9.08. The molecular weight excluding hydrogens is 262 g/mol. The first-order chi connectivity index (χ1) is 8.63. The predicted molar refractivity (Wildman–Crippen MR) is 74.3 cm³/mol. The van der Waals surface area contributed by atoms with E-state index in [0.717, 1.165) is 0 Å². The zero-order valence-corrected chi connectivity index (χ0v) is 13.1. The van der Waals surface area contributed by atoms with Crippen LogP contribution in [-0.2, 0) is 9.22 Å². The van der Waals surface area contributed by atoms with Gasteiger partial charge in [0.15, 0.2) is 5.76 Å². The van der Waals surface area contributed by atoms with Gasteiger partial charge in [-0.1, -0.05) is 20.8 Å². The summed E-state index contributed by atoms with van der Waals surface area (Å²) in [7, 11) is -2.13. The SMILES string of the molecule is CC(C)(C)[Si](C)(C)OC(=O)CNC(=O)c1ccco1. The minimum Gasteiger partial charge on any atom is -0.518 e. The van der Waals surface area contributed by atoms with Crippen molar-refractivity contribution in [2.24, 2.45) is 0 Å². The van der Waals surface area contributed by atoms with Gasteiger partial charge in [0.25, 0.3) is 14.2 Å². The molecule has 0 unspecified atom stereocenters. The van der Waals surface area contributed by atoms with Crippen LogP contribution in [0.25, 0.3) is 0 Å². The van der Waals surface area contributed by atoms with Gasteiger partial charge >= 0.3 is 5.97 Å². The molecule has 1 N–H and O–H groups in total. The second kappa shape index (κ2) is 5.60. The molecule has 5 nitrogen and oxygen atoms in total. The van der Waals surface area contributed by atoms with Crippen LogP contribution in [0.3, 0.4) is 0 Å². The third-order valence-electron chi connectivity index (χ3n) is 3.31. The maximum atomic E-state index is 11.7. The molecule has 19 heavy (non-hydrogen) atoms. The molecule has 106 valence electrons. The molecule has 0 fully saturated rings. The van der Waals surface area contributed by atoms with Gasteiger partial charge in [-0.25, -0.2) is 0 Å². The highest BCUT2D eigenvalue weighted by Gasteiger charge is 2.40. The van der Waals surface area contributed by atoms with E-state index in [9.17, 15) is 9.59 Å². The van der Waals surface area contributed by atoms with E-state index in [1.54, 1.807) is 6.07 Å². The van der Waals surface area contributed by atoms with Crippen molar-refractivity contribution in [2.75, 3.05) is 6.54 Å². The van der Waals surface area contributed by atoms with Crippen molar-refractivity contribution in [3.8, 4) is 0 Å². The van der Waals surface area contributed by atoms with E-state index < -0.39 is 20.2 Å². The molecule has 0 aliphatic rings. The van der Waals surface area contributed by atoms with E-state index in [4.69, 9.17) is 8.84 Å². The second-order valence-corrected chi connectivity index (χ2v) is 10.6. The summed E-state index contributed by atoms with van der Waals surface area (Å²) in [6.45, 7) is 9.97. The zero-order valence-electron chi connectivity index (χ0n) is 12.1. The lowest BCUT2D eigenvalue weighted by atomic mass is 10.2. The van der Waals surface area contributed by atoms with E-state index in [1.807, 2.05) is 33.9 Å². The van der Waals surface area contributed by atoms with Crippen LogP contribution in [0.4, 0.5) is 0 Å². The lowest BCUT2D eigenvalue weighted by Crippen LogP contribution is -2.45. The van der Waals surface area contributed by atoms with Crippen LogP contribution in [0.2, 0.25) is 18.1 Å². The van der Waals surface area contributed by atoms with Crippen LogP contribution in [0, 0.1) is 0 Å². The number of carbonyl (C=O) groups excluding carboxylic acids is 2. The predicted octanol–water partition coefficient (Wildman–Crippen LogP) is 2.56. The number of nitrogens with one attached hydrogen (secondary N) is 1. The summed E-state index contributed by atoms with van der Waals surface area (Å²) in [5.74, 6) is -0.649. The molecule has 0 radical (unpaired) electrons. The number of hydrogen-bond donors (Lipinski definition) is 1. The summed E-state index contributed by atoms with van der Waals surface area (Å²) in [6.07, 6.45) is 1.41. The molecule has 1 heterocycles. The molecular formula is C13H21NO4Si. The van der Waals surface area contributed by atoms with Gasteiger partial charge in [-0.15, -0.1) is 0 Å². The van der Waals surface area contributed by atoms with Crippen molar-refractivity contribution < 1.29 is 18.4 Å². The summed E-state index contributed by atoms with van der Waals surface area (Å²) < 4.78 is 10.5. The molecule has 0 aliphatic carbocycles. The van der Waals surface area contributed by atoms with Gasteiger partial charge in [-0.3, -0.25) is 9.59 Å². The Balaban J connectivity index is 2.47. The quantitative estimate of drug-likeness (QED) is 0.862. The van der Waals surface area contributed by atoms with Crippen molar-refractivity contribution in [1.82, 2.24) is 5.32 Å². The zero-order chi connectivity index (χ0) is 14.7. The Hall–Kier alpha value is -1.56. The molecule has 0 bridgehead atoms. The fourth-order valence-corrected chi connectivity index (χ4v) is 2.07.